The number of carbonyl (C=O) groups is 2. The van der Waals surface area contributed by atoms with Gasteiger partial charge >= 0.3 is 5.97 Å². The normalized spacial score (nSPS) is 12.8. The van der Waals surface area contributed by atoms with E-state index in [4.69, 9.17) is 10.2 Å². The van der Waals surface area contributed by atoms with E-state index in [0.29, 0.717) is 6.42 Å². The van der Waals surface area contributed by atoms with Crippen molar-refractivity contribution in [2.24, 2.45) is 0 Å². The van der Waals surface area contributed by atoms with Gasteiger partial charge in [0.25, 0.3) is 0 Å². The number of allylic oxidation sites excluding steroid dienone is 2. The molecule has 1 amide bonds. The van der Waals surface area contributed by atoms with E-state index in [1.165, 1.54) is 4.90 Å². The summed E-state index contributed by atoms with van der Waals surface area (Å²) in [5, 5.41) is 29.6. The molecule has 0 aliphatic heterocycles. The van der Waals surface area contributed by atoms with E-state index in [-0.39, 0.29) is 25.5 Å². The number of nitrogens with zero attached hydrogens (tertiary/aromatic N) is 1. The Morgan fingerprint density at radius 1 is 1.33 bits per heavy atom. The Hall–Kier alpha value is -1.44. The topological polar surface area (TPSA) is 110 Å². The molecule has 0 aromatic heterocycles. The van der Waals surface area contributed by atoms with E-state index in [9.17, 15) is 14.7 Å². The Balaban J connectivity index is 3.89. The third kappa shape index (κ3) is 10.9. The summed E-state index contributed by atoms with van der Waals surface area (Å²) in [5.41, 5.74) is 0. The predicted octanol–water partition coefficient (Wildman–Crippen LogP) is -0.0636. The molecule has 1 unspecified atom stereocenters. The van der Waals surface area contributed by atoms with Crippen molar-refractivity contribution in [2.45, 2.75) is 38.8 Å². The first-order chi connectivity index (χ1) is 10.0. The molecule has 7 heteroatoms. The number of hydrogen-bond donors (Lipinski definition) is 4. The number of unbranched alkanes of at least 4 members (excludes halogenated alkanes) is 1. The van der Waals surface area contributed by atoms with Gasteiger partial charge < -0.3 is 20.6 Å². The average molecular weight is 302 g/mol. The van der Waals surface area contributed by atoms with Crippen LogP contribution in [0.2, 0.25) is 0 Å². The minimum atomic E-state index is -1.24. The number of hydrogen-bond acceptors (Lipinski definition) is 5. The molecule has 7 nitrogen and oxygen atoms in total. The number of nitrogens with one attached hydrogen (secondary N) is 1. The molecular formula is C14H26N2O5. The first-order valence-electron chi connectivity index (χ1n) is 7.17. The third-order valence-corrected chi connectivity index (χ3v) is 2.82. The van der Waals surface area contributed by atoms with Gasteiger partial charge in [0.1, 0.15) is 6.23 Å². The SMILES string of the molecule is CC/C=C/CCCC(=O)NCCN(CC(=O)O)C(O)CO. The van der Waals surface area contributed by atoms with Crippen molar-refractivity contribution in [1.29, 1.82) is 0 Å². The van der Waals surface area contributed by atoms with Crippen LogP contribution in [0, 0.1) is 0 Å². The van der Waals surface area contributed by atoms with Crippen LogP contribution in [-0.4, -0.2) is 64.6 Å². The zero-order valence-electron chi connectivity index (χ0n) is 12.5. The molecule has 4 N–H and O–H groups in total. The third-order valence-electron chi connectivity index (χ3n) is 2.82. The van der Waals surface area contributed by atoms with Crippen LogP contribution < -0.4 is 5.32 Å². The van der Waals surface area contributed by atoms with Crippen molar-refractivity contribution in [3.8, 4) is 0 Å². The molecule has 0 rings (SSSR count). The number of aliphatic hydroxyl groups is 2. The lowest BCUT2D eigenvalue weighted by atomic mass is 10.2. The van der Waals surface area contributed by atoms with Crippen LogP contribution in [0.25, 0.3) is 0 Å². The van der Waals surface area contributed by atoms with Crippen LogP contribution in [0.5, 0.6) is 0 Å². The lowest BCUT2D eigenvalue weighted by Gasteiger charge is -2.24. The van der Waals surface area contributed by atoms with Gasteiger partial charge in [-0.3, -0.25) is 14.5 Å². The second kappa shape index (κ2) is 12.3. The molecule has 0 heterocycles. The molecule has 0 spiro atoms. The molecule has 122 valence electrons. The summed E-state index contributed by atoms with van der Waals surface area (Å²) in [7, 11) is 0. The number of aliphatic carboxylic acids is 1. The number of carbonyl (C=O) groups excluding carboxylic acids is 1. The summed E-state index contributed by atoms with van der Waals surface area (Å²) in [6, 6.07) is 0. The lowest BCUT2D eigenvalue weighted by molar-refractivity contribution is -0.142. The Kier molecular flexibility index (Phi) is 11.5. The highest BCUT2D eigenvalue weighted by Crippen LogP contribution is 1.98. The van der Waals surface area contributed by atoms with Crippen LogP contribution in [0.4, 0.5) is 0 Å². The maximum Gasteiger partial charge on any atom is 0.317 e. The molecule has 0 fully saturated rings. The Bertz CT molecular complexity index is 333. The van der Waals surface area contributed by atoms with E-state index >= 15 is 0 Å². The van der Waals surface area contributed by atoms with E-state index in [2.05, 4.69) is 11.4 Å². The maximum atomic E-state index is 11.5. The second-order valence-electron chi connectivity index (χ2n) is 4.65. The van der Waals surface area contributed by atoms with Crippen molar-refractivity contribution < 1.29 is 24.9 Å². The standard InChI is InChI=1S/C14H26N2O5/c1-2-3-4-5-6-7-12(18)15-8-9-16(10-14(20)21)13(19)11-17/h3-4,13,17,19H,2,5-11H2,1H3,(H,15,18)(H,20,21)/b4-3+. The zero-order chi connectivity index (χ0) is 16.1. The fraction of sp³-hybridized carbons (Fsp3) is 0.714. The molecule has 21 heavy (non-hydrogen) atoms. The van der Waals surface area contributed by atoms with Crippen molar-refractivity contribution in [3.05, 3.63) is 12.2 Å². The van der Waals surface area contributed by atoms with Crippen LogP contribution in [0.1, 0.15) is 32.6 Å². The first-order valence-corrected chi connectivity index (χ1v) is 7.17. The molecule has 1 atom stereocenters. The molecule has 0 saturated carbocycles. The molecule has 0 aromatic carbocycles. The summed E-state index contributed by atoms with van der Waals surface area (Å²) in [6.07, 6.45) is 5.87. The lowest BCUT2D eigenvalue weighted by Crippen LogP contribution is -2.45. The zero-order valence-corrected chi connectivity index (χ0v) is 12.5. The molecular weight excluding hydrogens is 276 g/mol. The summed E-state index contributed by atoms with van der Waals surface area (Å²) < 4.78 is 0. The van der Waals surface area contributed by atoms with E-state index in [1.807, 2.05) is 13.0 Å². The van der Waals surface area contributed by atoms with Gasteiger partial charge in [-0.05, 0) is 19.3 Å². The van der Waals surface area contributed by atoms with Crippen LogP contribution in [-0.2, 0) is 9.59 Å². The van der Waals surface area contributed by atoms with Crippen LogP contribution >= 0.6 is 0 Å². The van der Waals surface area contributed by atoms with E-state index < -0.39 is 18.8 Å². The molecule has 0 aliphatic carbocycles. The molecule has 0 bridgehead atoms. The van der Waals surface area contributed by atoms with Gasteiger partial charge in [0, 0.05) is 19.5 Å². The number of amides is 1. The van der Waals surface area contributed by atoms with Crippen molar-refractivity contribution >= 4 is 11.9 Å². The second-order valence-corrected chi connectivity index (χ2v) is 4.65. The van der Waals surface area contributed by atoms with Crippen molar-refractivity contribution in [1.82, 2.24) is 10.2 Å². The highest BCUT2D eigenvalue weighted by molar-refractivity contribution is 5.75. The summed E-state index contributed by atoms with van der Waals surface area (Å²) in [6.45, 7) is 1.50. The van der Waals surface area contributed by atoms with E-state index in [1.54, 1.807) is 0 Å². The number of rotatable bonds is 12. The average Bonchev–Trinajstić information content (AvgIpc) is 2.44. The molecule has 0 saturated heterocycles. The Labute approximate surface area is 125 Å². The van der Waals surface area contributed by atoms with Crippen molar-refractivity contribution in [2.75, 3.05) is 26.2 Å². The van der Waals surface area contributed by atoms with Gasteiger partial charge in [-0.2, -0.15) is 0 Å². The number of carboxylic acids is 1. The summed E-state index contributed by atoms with van der Waals surface area (Å²) >= 11 is 0. The summed E-state index contributed by atoms with van der Waals surface area (Å²) in [4.78, 5) is 23.4. The quantitative estimate of drug-likeness (QED) is 0.228. The number of aliphatic hydroxyl groups excluding tert-OH is 2. The molecule has 0 radical (unpaired) electrons. The minimum Gasteiger partial charge on any atom is -0.480 e. The van der Waals surface area contributed by atoms with Gasteiger partial charge in [-0.1, -0.05) is 19.1 Å². The van der Waals surface area contributed by atoms with Gasteiger partial charge in [-0.15, -0.1) is 0 Å². The van der Waals surface area contributed by atoms with E-state index in [0.717, 1.165) is 19.3 Å². The van der Waals surface area contributed by atoms with Gasteiger partial charge in [0.05, 0.1) is 13.2 Å². The fourth-order valence-electron chi connectivity index (χ4n) is 1.71. The van der Waals surface area contributed by atoms with Gasteiger partial charge in [0.2, 0.25) is 5.91 Å². The number of carboxylic acid groups (broad SMARTS) is 1. The van der Waals surface area contributed by atoms with Gasteiger partial charge in [-0.25, -0.2) is 0 Å². The minimum absolute atomic E-state index is 0.103. The maximum absolute atomic E-state index is 11.5. The highest BCUT2D eigenvalue weighted by Gasteiger charge is 2.17. The van der Waals surface area contributed by atoms with Crippen LogP contribution in [0.15, 0.2) is 12.2 Å². The fourth-order valence-corrected chi connectivity index (χ4v) is 1.71. The predicted molar refractivity (Wildman–Crippen MR) is 78.6 cm³/mol. The summed E-state index contributed by atoms with van der Waals surface area (Å²) in [5.74, 6) is -1.20. The van der Waals surface area contributed by atoms with Crippen LogP contribution in [0.3, 0.4) is 0 Å². The largest absolute Gasteiger partial charge is 0.480 e. The van der Waals surface area contributed by atoms with Gasteiger partial charge in [0.15, 0.2) is 0 Å². The smallest absolute Gasteiger partial charge is 0.317 e. The first kappa shape index (κ1) is 19.6. The Morgan fingerprint density at radius 2 is 2.05 bits per heavy atom. The van der Waals surface area contributed by atoms with Crippen molar-refractivity contribution in [3.63, 3.8) is 0 Å². The molecule has 0 aliphatic rings. The highest BCUT2D eigenvalue weighted by atomic mass is 16.4. The molecule has 0 aromatic rings. The Morgan fingerprint density at radius 3 is 2.62 bits per heavy atom. The monoisotopic (exact) mass is 302 g/mol.